The van der Waals surface area contributed by atoms with E-state index in [1.807, 2.05) is 0 Å². The molecule has 0 aliphatic carbocycles. The van der Waals surface area contributed by atoms with Gasteiger partial charge in [-0.1, -0.05) is 17.7 Å². The predicted octanol–water partition coefficient (Wildman–Crippen LogP) is 4.81. The van der Waals surface area contributed by atoms with Gasteiger partial charge in [-0.2, -0.15) is 13.2 Å². The van der Waals surface area contributed by atoms with E-state index >= 15 is 0 Å². The SMILES string of the molecule is COc1cccc(NCCC(=O)Nc2ccc(Cl)cc2C(F)(F)F)c1. The maximum absolute atomic E-state index is 13.0. The molecule has 8 heteroatoms. The zero-order valence-corrected chi connectivity index (χ0v) is 14.0. The van der Waals surface area contributed by atoms with Crippen molar-refractivity contribution < 1.29 is 22.7 Å². The van der Waals surface area contributed by atoms with Gasteiger partial charge in [-0.05, 0) is 30.3 Å². The molecule has 0 saturated carbocycles. The Morgan fingerprint density at radius 3 is 2.64 bits per heavy atom. The third-order valence-electron chi connectivity index (χ3n) is 3.31. The number of carbonyl (C=O) groups excluding carboxylic acids is 1. The molecule has 2 aromatic carbocycles. The molecule has 2 aromatic rings. The standard InChI is InChI=1S/C17H16ClF3N2O2/c1-25-13-4-2-3-12(10-13)22-8-7-16(24)23-15-6-5-11(18)9-14(15)17(19,20)21/h2-6,9-10,22H,7-8H2,1H3,(H,23,24). The number of hydrogen-bond acceptors (Lipinski definition) is 3. The first-order valence-corrected chi connectivity index (χ1v) is 7.72. The van der Waals surface area contributed by atoms with Crippen LogP contribution in [0.2, 0.25) is 5.02 Å². The average Bonchev–Trinajstić information content (AvgIpc) is 2.56. The van der Waals surface area contributed by atoms with E-state index in [-0.39, 0.29) is 23.7 Å². The number of anilines is 2. The number of nitrogens with one attached hydrogen (secondary N) is 2. The van der Waals surface area contributed by atoms with Crippen LogP contribution < -0.4 is 15.4 Å². The van der Waals surface area contributed by atoms with Gasteiger partial charge < -0.3 is 15.4 Å². The molecular formula is C17H16ClF3N2O2. The third kappa shape index (κ3) is 5.56. The van der Waals surface area contributed by atoms with Crippen molar-refractivity contribution in [1.82, 2.24) is 0 Å². The van der Waals surface area contributed by atoms with Crippen LogP contribution in [0.1, 0.15) is 12.0 Å². The topological polar surface area (TPSA) is 50.4 Å². The summed E-state index contributed by atoms with van der Waals surface area (Å²) in [6.07, 6.45) is -4.61. The van der Waals surface area contributed by atoms with Crippen molar-refractivity contribution in [1.29, 1.82) is 0 Å². The third-order valence-corrected chi connectivity index (χ3v) is 3.55. The molecule has 0 atom stereocenters. The number of amides is 1. The van der Waals surface area contributed by atoms with Crippen LogP contribution in [0, 0.1) is 0 Å². The average molecular weight is 373 g/mol. The van der Waals surface area contributed by atoms with Crippen LogP contribution in [-0.2, 0) is 11.0 Å². The molecule has 0 radical (unpaired) electrons. The molecule has 0 aliphatic heterocycles. The van der Waals surface area contributed by atoms with Gasteiger partial charge in [0.1, 0.15) is 5.75 Å². The second-order valence-corrected chi connectivity index (χ2v) is 5.58. The van der Waals surface area contributed by atoms with Crippen LogP contribution in [-0.4, -0.2) is 19.6 Å². The first-order chi connectivity index (χ1) is 11.8. The molecule has 0 bridgehead atoms. The van der Waals surface area contributed by atoms with Gasteiger partial charge in [0.15, 0.2) is 0 Å². The Kier molecular flexibility index (Phi) is 6.14. The fourth-order valence-electron chi connectivity index (χ4n) is 2.13. The number of carbonyl (C=O) groups is 1. The second-order valence-electron chi connectivity index (χ2n) is 5.14. The van der Waals surface area contributed by atoms with E-state index in [1.165, 1.54) is 13.2 Å². The largest absolute Gasteiger partial charge is 0.497 e. The van der Waals surface area contributed by atoms with Gasteiger partial charge in [-0.3, -0.25) is 4.79 Å². The Morgan fingerprint density at radius 1 is 1.20 bits per heavy atom. The smallest absolute Gasteiger partial charge is 0.418 e. The van der Waals surface area contributed by atoms with E-state index in [2.05, 4.69) is 10.6 Å². The zero-order valence-electron chi connectivity index (χ0n) is 13.3. The number of ether oxygens (including phenoxy) is 1. The Bertz CT molecular complexity index is 751. The number of alkyl halides is 3. The minimum atomic E-state index is -4.60. The van der Waals surface area contributed by atoms with E-state index in [9.17, 15) is 18.0 Å². The molecule has 2 rings (SSSR count). The molecular weight excluding hydrogens is 357 g/mol. The Balaban J connectivity index is 1.94. The summed E-state index contributed by atoms with van der Waals surface area (Å²) in [7, 11) is 1.54. The lowest BCUT2D eigenvalue weighted by Crippen LogP contribution is -2.19. The minimum Gasteiger partial charge on any atom is -0.497 e. The highest BCUT2D eigenvalue weighted by atomic mass is 35.5. The summed E-state index contributed by atoms with van der Waals surface area (Å²) in [4.78, 5) is 11.9. The molecule has 4 nitrogen and oxygen atoms in total. The summed E-state index contributed by atoms with van der Waals surface area (Å²) in [5, 5.41) is 5.23. The summed E-state index contributed by atoms with van der Waals surface area (Å²) in [6, 6.07) is 10.3. The monoisotopic (exact) mass is 372 g/mol. The Labute approximate surface area is 147 Å². The van der Waals surface area contributed by atoms with Crippen molar-refractivity contribution in [2.45, 2.75) is 12.6 Å². The van der Waals surface area contributed by atoms with Crippen LogP contribution in [0.4, 0.5) is 24.5 Å². The summed E-state index contributed by atoms with van der Waals surface area (Å²) < 4.78 is 44.0. The van der Waals surface area contributed by atoms with Crippen molar-refractivity contribution in [3.8, 4) is 5.75 Å². The number of benzene rings is 2. The highest BCUT2D eigenvalue weighted by Gasteiger charge is 2.34. The van der Waals surface area contributed by atoms with Crippen molar-refractivity contribution in [2.24, 2.45) is 0 Å². The summed E-state index contributed by atoms with van der Waals surface area (Å²) in [5.74, 6) is 0.119. The van der Waals surface area contributed by atoms with Crippen molar-refractivity contribution in [3.05, 3.63) is 53.1 Å². The molecule has 0 fully saturated rings. The minimum absolute atomic E-state index is 0.00284. The lowest BCUT2D eigenvalue weighted by Gasteiger charge is -2.14. The molecule has 0 unspecified atom stereocenters. The van der Waals surface area contributed by atoms with Crippen LogP contribution in [0.15, 0.2) is 42.5 Å². The van der Waals surface area contributed by atoms with Crippen LogP contribution in [0.3, 0.4) is 0 Å². The Hall–Kier alpha value is -2.41. The van der Waals surface area contributed by atoms with Crippen molar-refractivity contribution in [3.63, 3.8) is 0 Å². The molecule has 0 heterocycles. The summed E-state index contributed by atoms with van der Waals surface area (Å²) in [5.41, 5.74) is -0.549. The summed E-state index contributed by atoms with van der Waals surface area (Å²) >= 11 is 5.60. The highest BCUT2D eigenvalue weighted by Crippen LogP contribution is 2.36. The highest BCUT2D eigenvalue weighted by molar-refractivity contribution is 6.30. The van der Waals surface area contributed by atoms with Gasteiger partial charge in [-0.25, -0.2) is 0 Å². The van der Waals surface area contributed by atoms with E-state index < -0.39 is 17.6 Å². The molecule has 2 N–H and O–H groups in total. The lowest BCUT2D eigenvalue weighted by atomic mass is 10.1. The van der Waals surface area contributed by atoms with Gasteiger partial charge in [-0.15, -0.1) is 0 Å². The van der Waals surface area contributed by atoms with Crippen LogP contribution >= 0.6 is 11.6 Å². The molecule has 1 amide bonds. The fraction of sp³-hybridized carbons (Fsp3) is 0.235. The zero-order chi connectivity index (χ0) is 18.4. The maximum Gasteiger partial charge on any atom is 0.418 e. The van der Waals surface area contributed by atoms with E-state index in [4.69, 9.17) is 16.3 Å². The number of hydrogen-bond donors (Lipinski definition) is 2. The molecule has 0 aliphatic rings. The summed E-state index contributed by atoms with van der Waals surface area (Å²) in [6.45, 7) is 0.258. The predicted molar refractivity (Wildman–Crippen MR) is 91.2 cm³/mol. The van der Waals surface area contributed by atoms with Crippen LogP contribution in [0.5, 0.6) is 5.75 Å². The van der Waals surface area contributed by atoms with Crippen LogP contribution in [0.25, 0.3) is 0 Å². The molecule has 25 heavy (non-hydrogen) atoms. The van der Waals surface area contributed by atoms with E-state index in [0.29, 0.717) is 5.75 Å². The maximum atomic E-state index is 13.0. The first kappa shape index (κ1) is 18.9. The van der Waals surface area contributed by atoms with Gasteiger partial charge in [0.25, 0.3) is 0 Å². The van der Waals surface area contributed by atoms with Gasteiger partial charge >= 0.3 is 6.18 Å². The fourth-order valence-corrected chi connectivity index (χ4v) is 2.30. The second kappa shape index (κ2) is 8.11. The van der Waals surface area contributed by atoms with Crippen molar-refractivity contribution >= 4 is 28.9 Å². The molecule has 0 aromatic heterocycles. The van der Waals surface area contributed by atoms with Gasteiger partial charge in [0, 0.05) is 29.7 Å². The van der Waals surface area contributed by atoms with Gasteiger partial charge in [0.2, 0.25) is 5.91 Å². The normalized spacial score (nSPS) is 11.1. The Morgan fingerprint density at radius 2 is 1.96 bits per heavy atom. The molecule has 0 spiro atoms. The van der Waals surface area contributed by atoms with E-state index in [0.717, 1.165) is 17.8 Å². The molecule has 134 valence electrons. The van der Waals surface area contributed by atoms with Crippen molar-refractivity contribution in [2.75, 3.05) is 24.3 Å². The number of rotatable bonds is 6. The number of halogens is 4. The van der Waals surface area contributed by atoms with E-state index in [1.54, 1.807) is 24.3 Å². The number of methoxy groups -OCH3 is 1. The molecule has 0 saturated heterocycles. The first-order valence-electron chi connectivity index (χ1n) is 7.34. The van der Waals surface area contributed by atoms with Gasteiger partial charge in [0.05, 0.1) is 18.4 Å². The quantitative estimate of drug-likeness (QED) is 0.765. The lowest BCUT2D eigenvalue weighted by molar-refractivity contribution is -0.137.